The molecule has 2 rings (SSSR count). The Bertz CT molecular complexity index is 815. The quantitative estimate of drug-likeness (QED) is 0.462. The van der Waals surface area contributed by atoms with Gasteiger partial charge in [-0.3, -0.25) is 10.4 Å². The molecule has 3 N–H and O–H groups in total. The number of nitrogens with two attached hydrogens (primary N) is 1. The van der Waals surface area contributed by atoms with Crippen molar-refractivity contribution in [3.63, 3.8) is 0 Å². The van der Waals surface area contributed by atoms with Crippen molar-refractivity contribution in [3.8, 4) is 0 Å². The maximum Gasteiger partial charge on any atom is 0.210 e. The van der Waals surface area contributed by atoms with Crippen LogP contribution in [0.1, 0.15) is 10.6 Å². The Hall–Kier alpha value is -0.900. The number of pyridine rings is 1. The second kappa shape index (κ2) is 6.07. The number of nitrogen functional groups attached to an aromatic ring is 1. The van der Waals surface area contributed by atoms with E-state index in [1.165, 1.54) is 41.4 Å². The van der Waals surface area contributed by atoms with Gasteiger partial charge in [-0.25, -0.2) is 8.42 Å². The topological polar surface area (TPSA) is 96.9 Å². The molecule has 2 aromatic heterocycles. The zero-order valence-corrected chi connectivity index (χ0v) is 15.2. The van der Waals surface area contributed by atoms with Gasteiger partial charge in [0.05, 0.1) is 24.6 Å². The van der Waals surface area contributed by atoms with Gasteiger partial charge in [0.1, 0.15) is 5.84 Å². The summed E-state index contributed by atoms with van der Waals surface area (Å²) in [7, 11) is -3.69. The smallest absolute Gasteiger partial charge is 0.210 e. The zero-order valence-electron chi connectivity index (χ0n) is 11.2. The Morgan fingerprint density at radius 3 is 2.67 bits per heavy atom. The van der Waals surface area contributed by atoms with Gasteiger partial charge in [-0.15, -0.1) is 23.1 Å². The SMILES string of the molecule is CSc1sc(C(=N)N)cc1S(=O)(=O)c1cnc(C)c(Br)c1. The molecule has 9 heteroatoms. The van der Waals surface area contributed by atoms with Crippen molar-refractivity contribution in [1.29, 1.82) is 5.41 Å². The summed E-state index contributed by atoms with van der Waals surface area (Å²) in [4.78, 5) is 4.80. The van der Waals surface area contributed by atoms with Crippen LogP contribution in [0.4, 0.5) is 0 Å². The van der Waals surface area contributed by atoms with Gasteiger partial charge in [-0.1, -0.05) is 0 Å². The molecule has 0 atom stereocenters. The van der Waals surface area contributed by atoms with Gasteiger partial charge in [-0.2, -0.15) is 0 Å². The Morgan fingerprint density at radius 2 is 2.14 bits per heavy atom. The number of nitrogens with one attached hydrogen (secondary N) is 1. The fourth-order valence-electron chi connectivity index (χ4n) is 1.58. The number of thiophene rings is 1. The van der Waals surface area contributed by atoms with E-state index in [-0.39, 0.29) is 15.6 Å². The molecule has 0 spiro atoms. The number of halogens is 1. The average Bonchev–Trinajstić information content (AvgIpc) is 2.86. The fraction of sp³-hybridized carbons (Fsp3) is 0.167. The first-order valence-corrected chi connectivity index (χ1v) is 9.98. The van der Waals surface area contributed by atoms with Crippen LogP contribution in [0.5, 0.6) is 0 Å². The number of amidine groups is 1. The normalized spacial score (nSPS) is 11.6. The highest BCUT2D eigenvalue weighted by Crippen LogP contribution is 2.37. The van der Waals surface area contributed by atoms with Crippen LogP contribution in [-0.2, 0) is 9.84 Å². The second-order valence-electron chi connectivity index (χ2n) is 4.12. The third-order valence-corrected chi connectivity index (χ3v) is 7.83. The fourth-order valence-corrected chi connectivity index (χ4v) is 5.91. The molecular weight excluding hydrogens is 394 g/mol. The summed E-state index contributed by atoms with van der Waals surface area (Å²) in [5.41, 5.74) is 6.16. The van der Waals surface area contributed by atoms with Crippen molar-refractivity contribution < 1.29 is 8.42 Å². The van der Waals surface area contributed by atoms with Crippen LogP contribution < -0.4 is 5.73 Å². The molecular formula is C12H12BrN3O2S3. The summed E-state index contributed by atoms with van der Waals surface area (Å²) < 4.78 is 26.7. The van der Waals surface area contributed by atoms with Crippen molar-refractivity contribution in [2.75, 3.05) is 6.26 Å². The zero-order chi connectivity index (χ0) is 15.8. The van der Waals surface area contributed by atoms with Crippen LogP contribution in [0.3, 0.4) is 0 Å². The molecule has 5 nitrogen and oxygen atoms in total. The Balaban J connectivity index is 2.63. The lowest BCUT2D eigenvalue weighted by molar-refractivity contribution is 0.594. The highest BCUT2D eigenvalue weighted by Gasteiger charge is 2.25. The van der Waals surface area contributed by atoms with Crippen LogP contribution in [0.2, 0.25) is 0 Å². The van der Waals surface area contributed by atoms with Crippen LogP contribution in [0, 0.1) is 12.3 Å². The molecule has 0 saturated heterocycles. The molecule has 112 valence electrons. The monoisotopic (exact) mass is 405 g/mol. The molecule has 0 aromatic carbocycles. The first-order chi connectivity index (χ1) is 9.77. The van der Waals surface area contributed by atoms with Crippen LogP contribution in [0.15, 0.2) is 36.8 Å². The van der Waals surface area contributed by atoms with Crippen molar-refractivity contribution >= 4 is 54.7 Å². The van der Waals surface area contributed by atoms with E-state index >= 15 is 0 Å². The molecule has 21 heavy (non-hydrogen) atoms. The summed E-state index contributed by atoms with van der Waals surface area (Å²) in [6.45, 7) is 1.78. The Morgan fingerprint density at radius 1 is 1.48 bits per heavy atom. The van der Waals surface area contributed by atoms with Crippen molar-refractivity contribution in [1.82, 2.24) is 4.98 Å². The number of nitrogens with zero attached hydrogens (tertiary/aromatic N) is 1. The van der Waals surface area contributed by atoms with Crippen LogP contribution in [0.25, 0.3) is 0 Å². The standard InChI is InChI=1S/C12H12BrN3O2S3/c1-6-8(13)3-7(5-16-6)21(17,18)10-4-9(11(14)15)20-12(10)19-2/h3-5H,1-2H3,(H3,14,15). The molecule has 0 bridgehead atoms. The van der Waals surface area contributed by atoms with E-state index in [4.69, 9.17) is 11.1 Å². The lowest BCUT2D eigenvalue weighted by atomic mass is 10.4. The van der Waals surface area contributed by atoms with Gasteiger partial charge in [-0.05, 0) is 41.2 Å². The number of hydrogen-bond acceptors (Lipinski definition) is 6. The largest absolute Gasteiger partial charge is 0.383 e. The third kappa shape index (κ3) is 3.15. The summed E-state index contributed by atoms with van der Waals surface area (Å²) in [5.74, 6) is -0.139. The van der Waals surface area contributed by atoms with E-state index in [2.05, 4.69) is 20.9 Å². The highest BCUT2D eigenvalue weighted by molar-refractivity contribution is 9.10. The first kappa shape index (κ1) is 16.5. The number of sulfone groups is 1. The van der Waals surface area contributed by atoms with E-state index in [1.807, 2.05) is 0 Å². The predicted molar refractivity (Wildman–Crippen MR) is 89.2 cm³/mol. The maximum atomic E-state index is 12.7. The van der Waals surface area contributed by atoms with Crippen molar-refractivity contribution in [2.24, 2.45) is 5.73 Å². The minimum absolute atomic E-state index is 0.114. The van der Waals surface area contributed by atoms with Gasteiger partial charge in [0.2, 0.25) is 9.84 Å². The first-order valence-electron chi connectivity index (χ1n) is 5.67. The molecule has 0 saturated carbocycles. The molecule has 0 aliphatic heterocycles. The lowest BCUT2D eigenvalue weighted by Gasteiger charge is -2.05. The molecule has 0 aliphatic rings. The van der Waals surface area contributed by atoms with E-state index in [9.17, 15) is 8.42 Å². The Labute approximate surface area is 139 Å². The van der Waals surface area contributed by atoms with E-state index in [0.29, 0.717) is 19.3 Å². The highest BCUT2D eigenvalue weighted by atomic mass is 79.9. The molecule has 0 radical (unpaired) electrons. The Kier molecular flexibility index (Phi) is 4.76. The lowest BCUT2D eigenvalue weighted by Crippen LogP contribution is -2.09. The van der Waals surface area contributed by atoms with E-state index < -0.39 is 9.84 Å². The maximum absolute atomic E-state index is 12.7. The second-order valence-corrected chi connectivity index (χ2v) is 9.02. The number of aromatic nitrogens is 1. The van der Waals surface area contributed by atoms with Crippen LogP contribution in [-0.4, -0.2) is 25.5 Å². The summed E-state index contributed by atoms with van der Waals surface area (Å²) in [6.07, 6.45) is 3.13. The minimum Gasteiger partial charge on any atom is -0.383 e. The van der Waals surface area contributed by atoms with E-state index in [1.54, 1.807) is 13.2 Å². The molecule has 2 aromatic rings. The van der Waals surface area contributed by atoms with Crippen molar-refractivity contribution in [3.05, 3.63) is 33.4 Å². The van der Waals surface area contributed by atoms with E-state index in [0.717, 1.165) is 0 Å². The molecule has 0 fully saturated rings. The average molecular weight is 406 g/mol. The van der Waals surface area contributed by atoms with Gasteiger partial charge < -0.3 is 5.73 Å². The summed E-state index contributed by atoms with van der Waals surface area (Å²) in [5, 5.41) is 7.46. The molecule has 0 aliphatic carbocycles. The van der Waals surface area contributed by atoms with Gasteiger partial charge in [0.15, 0.2) is 0 Å². The van der Waals surface area contributed by atoms with Crippen molar-refractivity contribution in [2.45, 2.75) is 20.9 Å². The molecule has 0 unspecified atom stereocenters. The number of rotatable bonds is 4. The number of thioether (sulfide) groups is 1. The third-order valence-electron chi connectivity index (χ3n) is 2.72. The predicted octanol–water partition coefficient (Wildman–Crippen LogP) is 3.05. The van der Waals surface area contributed by atoms with Gasteiger partial charge in [0, 0.05) is 10.7 Å². The summed E-state index contributed by atoms with van der Waals surface area (Å²) >= 11 is 5.81. The van der Waals surface area contributed by atoms with Gasteiger partial charge >= 0.3 is 0 Å². The van der Waals surface area contributed by atoms with Crippen LogP contribution >= 0.6 is 39.0 Å². The summed E-state index contributed by atoms with van der Waals surface area (Å²) in [6, 6.07) is 2.98. The number of hydrogen-bond donors (Lipinski definition) is 2. The van der Waals surface area contributed by atoms with Gasteiger partial charge in [0.25, 0.3) is 0 Å². The minimum atomic E-state index is -3.69. The molecule has 0 amide bonds. The number of aryl methyl sites for hydroxylation is 1. The molecule has 2 heterocycles.